The van der Waals surface area contributed by atoms with E-state index in [0.717, 1.165) is 35.5 Å². The van der Waals surface area contributed by atoms with Crippen LogP contribution in [0.1, 0.15) is 42.3 Å². The van der Waals surface area contributed by atoms with E-state index >= 15 is 0 Å². The normalized spacial score (nSPS) is 10.8. The van der Waals surface area contributed by atoms with Crippen molar-refractivity contribution in [1.29, 1.82) is 0 Å². The highest BCUT2D eigenvalue weighted by atomic mass is 16.5. The van der Waals surface area contributed by atoms with E-state index in [-0.39, 0.29) is 5.78 Å². The van der Waals surface area contributed by atoms with Crippen molar-refractivity contribution in [1.82, 2.24) is 4.90 Å². The lowest BCUT2D eigenvalue weighted by molar-refractivity contribution is 0.0936. The molecule has 0 radical (unpaired) electrons. The van der Waals surface area contributed by atoms with Crippen molar-refractivity contribution in [3.63, 3.8) is 0 Å². The van der Waals surface area contributed by atoms with Gasteiger partial charge >= 0.3 is 0 Å². The molecule has 0 amide bonds. The monoisotopic (exact) mass is 263 g/mol. The molecule has 0 aliphatic heterocycles. The molecule has 0 saturated carbocycles. The van der Waals surface area contributed by atoms with Gasteiger partial charge in [-0.05, 0) is 57.1 Å². The fourth-order valence-corrected chi connectivity index (χ4v) is 2.14. The number of carbonyl (C=O) groups excluding carboxylic acids is 1. The van der Waals surface area contributed by atoms with Crippen molar-refractivity contribution < 1.29 is 9.53 Å². The highest BCUT2D eigenvalue weighted by Crippen LogP contribution is 2.23. The summed E-state index contributed by atoms with van der Waals surface area (Å²) in [4.78, 5) is 14.5. The number of ketones is 1. The first-order valence-corrected chi connectivity index (χ1v) is 7.03. The van der Waals surface area contributed by atoms with Crippen LogP contribution >= 0.6 is 0 Å². The lowest BCUT2D eigenvalue weighted by atomic mass is 10.0. The molecule has 19 heavy (non-hydrogen) atoms. The van der Waals surface area contributed by atoms with Crippen molar-refractivity contribution in [2.75, 3.05) is 26.2 Å². The standard InChI is InChI=1S/C16H25NO2/c1-6-17(7-2)11-15(18)14-9-13(5)16(19-8-3)10-12(14)4/h9-10H,6-8,11H2,1-5H3. The third-order valence-corrected chi connectivity index (χ3v) is 3.38. The number of rotatable bonds is 7. The van der Waals surface area contributed by atoms with Crippen LogP contribution in [-0.2, 0) is 0 Å². The Bertz CT molecular complexity index is 437. The molecule has 0 aromatic heterocycles. The number of likely N-dealkylation sites (N-methyl/N-ethyl adjacent to an activating group) is 1. The van der Waals surface area contributed by atoms with Crippen LogP contribution in [0, 0.1) is 13.8 Å². The molecule has 1 aromatic carbocycles. The minimum absolute atomic E-state index is 0.187. The van der Waals surface area contributed by atoms with Gasteiger partial charge in [-0.2, -0.15) is 0 Å². The maximum absolute atomic E-state index is 12.3. The molecule has 0 aliphatic rings. The summed E-state index contributed by atoms with van der Waals surface area (Å²) >= 11 is 0. The summed E-state index contributed by atoms with van der Waals surface area (Å²) < 4.78 is 5.55. The van der Waals surface area contributed by atoms with Crippen molar-refractivity contribution in [2.24, 2.45) is 0 Å². The molecular formula is C16H25NO2. The smallest absolute Gasteiger partial charge is 0.177 e. The van der Waals surface area contributed by atoms with Crippen molar-refractivity contribution in [3.05, 3.63) is 28.8 Å². The quantitative estimate of drug-likeness (QED) is 0.707. The molecule has 0 fully saturated rings. The van der Waals surface area contributed by atoms with Gasteiger partial charge in [0.1, 0.15) is 5.75 Å². The molecule has 0 saturated heterocycles. The molecule has 0 N–H and O–H groups in total. The van der Waals surface area contributed by atoms with E-state index in [2.05, 4.69) is 18.7 Å². The molecule has 1 aromatic rings. The molecule has 0 spiro atoms. The Morgan fingerprint density at radius 1 is 1.11 bits per heavy atom. The zero-order valence-corrected chi connectivity index (χ0v) is 12.7. The van der Waals surface area contributed by atoms with Crippen LogP contribution in [0.4, 0.5) is 0 Å². The first-order chi connectivity index (χ1) is 9.03. The highest BCUT2D eigenvalue weighted by molar-refractivity contribution is 5.99. The third-order valence-electron chi connectivity index (χ3n) is 3.38. The highest BCUT2D eigenvalue weighted by Gasteiger charge is 2.14. The number of Topliss-reactive ketones (excluding diaryl/α,β-unsaturated/α-hetero) is 1. The Morgan fingerprint density at radius 3 is 2.26 bits per heavy atom. The fourth-order valence-electron chi connectivity index (χ4n) is 2.14. The van der Waals surface area contributed by atoms with Crippen LogP contribution < -0.4 is 4.74 Å². The average molecular weight is 263 g/mol. The number of ether oxygens (including phenoxy) is 1. The molecule has 106 valence electrons. The van der Waals surface area contributed by atoms with Gasteiger partial charge in [0.25, 0.3) is 0 Å². The first-order valence-electron chi connectivity index (χ1n) is 7.03. The maximum Gasteiger partial charge on any atom is 0.177 e. The van der Waals surface area contributed by atoms with Gasteiger partial charge in [-0.1, -0.05) is 13.8 Å². The first kappa shape index (κ1) is 15.7. The number of hydrogen-bond acceptors (Lipinski definition) is 3. The molecule has 0 heterocycles. The average Bonchev–Trinajstić information content (AvgIpc) is 2.39. The molecule has 3 heteroatoms. The second kappa shape index (κ2) is 7.29. The summed E-state index contributed by atoms with van der Waals surface area (Å²) in [7, 11) is 0. The molecule has 0 aliphatic carbocycles. The molecule has 0 unspecified atom stereocenters. The van der Waals surface area contributed by atoms with Gasteiger partial charge in [0.15, 0.2) is 5.78 Å². The van der Waals surface area contributed by atoms with E-state index < -0.39 is 0 Å². The maximum atomic E-state index is 12.3. The molecule has 0 atom stereocenters. The summed E-state index contributed by atoms with van der Waals surface area (Å²) in [5.74, 6) is 1.06. The second-order valence-corrected chi connectivity index (χ2v) is 4.75. The van der Waals surface area contributed by atoms with Crippen LogP contribution in [0.2, 0.25) is 0 Å². The predicted molar refractivity (Wildman–Crippen MR) is 79.2 cm³/mol. The molecule has 1 rings (SSSR count). The van der Waals surface area contributed by atoms with Gasteiger partial charge < -0.3 is 4.74 Å². The molecule has 0 bridgehead atoms. The van der Waals surface area contributed by atoms with Crippen molar-refractivity contribution >= 4 is 5.78 Å². The Kier molecular flexibility index (Phi) is 6.03. The van der Waals surface area contributed by atoms with E-state index in [1.165, 1.54) is 0 Å². The minimum atomic E-state index is 0.187. The number of aryl methyl sites for hydroxylation is 2. The summed E-state index contributed by atoms with van der Waals surface area (Å²) in [6.07, 6.45) is 0. The second-order valence-electron chi connectivity index (χ2n) is 4.75. The summed E-state index contributed by atoms with van der Waals surface area (Å²) in [5, 5.41) is 0. The molecule has 3 nitrogen and oxygen atoms in total. The van der Waals surface area contributed by atoms with Crippen LogP contribution in [-0.4, -0.2) is 36.9 Å². The third kappa shape index (κ3) is 4.06. The number of carbonyl (C=O) groups is 1. The molecular weight excluding hydrogens is 238 g/mol. The number of nitrogens with zero attached hydrogens (tertiary/aromatic N) is 1. The Labute approximate surface area is 116 Å². The van der Waals surface area contributed by atoms with Gasteiger partial charge in [0, 0.05) is 5.56 Å². The Morgan fingerprint density at radius 2 is 1.74 bits per heavy atom. The fraction of sp³-hybridized carbons (Fsp3) is 0.562. The number of benzene rings is 1. The Hall–Kier alpha value is -1.35. The van der Waals surface area contributed by atoms with Crippen molar-refractivity contribution in [2.45, 2.75) is 34.6 Å². The Balaban J connectivity index is 2.95. The SMILES string of the molecule is CCOc1cc(C)c(C(=O)CN(CC)CC)cc1C. The van der Waals surface area contributed by atoms with E-state index in [4.69, 9.17) is 4.74 Å². The van der Waals surface area contributed by atoms with Gasteiger partial charge in [-0.15, -0.1) is 0 Å². The minimum Gasteiger partial charge on any atom is -0.494 e. The summed E-state index contributed by atoms with van der Waals surface area (Å²) in [6.45, 7) is 13.0. The van der Waals surface area contributed by atoms with Gasteiger partial charge in [-0.3, -0.25) is 9.69 Å². The van der Waals surface area contributed by atoms with E-state index in [1.807, 2.05) is 32.9 Å². The summed E-state index contributed by atoms with van der Waals surface area (Å²) in [6, 6.07) is 3.92. The largest absolute Gasteiger partial charge is 0.494 e. The summed E-state index contributed by atoms with van der Waals surface area (Å²) in [5.41, 5.74) is 2.83. The van der Waals surface area contributed by atoms with Crippen molar-refractivity contribution in [3.8, 4) is 5.75 Å². The topological polar surface area (TPSA) is 29.5 Å². The lowest BCUT2D eigenvalue weighted by Crippen LogP contribution is -2.29. The van der Waals surface area contributed by atoms with Gasteiger partial charge in [0.2, 0.25) is 0 Å². The van der Waals surface area contributed by atoms with Gasteiger partial charge in [0.05, 0.1) is 13.2 Å². The van der Waals surface area contributed by atoms with Crippen LogP contribution in [0.5, 0.6) is 5.75 Å². The van der Waals surface area contributed by atoms with E-state index in [1.54, 1.807) is 0 Å². The zero-order chi connectivity index (χ0) is 14.4. The predicted octanol–water partition coefficient (Wildman–Crippen LogP) is 3.23. The van der Waals surface area contributed by atoms with Crippen LogP contribution in [0.25, 0.3) is 0 Å². The van der Waals surface area contributed by atoms with Gasteiger partial charge in [-0.25, -0.2) is 0 Å². The zero-order valence-electron chi connectivity index (χ0n) is 12.7. The van der Waals surface area contributed by atoms with E-state index in [9.17, 15) is 4.79 Å². The van der Waals surface area contributed by atoms with Crippen LogP contribution in [0.3, 0.4) is 0 Å². The van der Waals surface area contributed by atoms with E-state index in [0.29, 0.717) is 13.2 Å². The van der Waals surface area contributed by atoms with Crippen LogP contribution in [0.15, 0.2) is 12.1 Å². The number of hydrogen-bond donors (Lipinski definition) is 0. The lowest BCUT2D eigenvalue weighted by Gasteiger charge is -2.18.